The normalized spacial score (nSPS) is 11.6. The van der Waals surface area contributed by atoms with Crippen LogP contribution in [0.4, 0.5) is 5.69 Å². The molecule has 7 heteroatoms. The van der Waals surface area contributed by atoms with Crippen LogP contribution in [-0.2, 0) is 0 Å². The van der Waals surface area contributed by atoms with E-state index in [0.717, 1.165) is 39.3 Å². The Bertz CT molecular complexity index is 888. The van der Waals surface area contributed by atoms with Gasteiger partial charge in [-0.05, 0) is 42.5 Å². The zero-order valence-corrected chi connectivity index (χ0v) is 16.1. The molecule has 3 rings (SSSR count). The highest BCUT2D eigenvalue weighted by molar-refractivity contribution is 5.94. The number of pyridine rings is 1. The van der Waals surface area contributed by atoms with Crippen molar-refractivity contribution in [1.82, 2.24) is 4.98 Å². The summed E-state index contributed by atoms with van der Waals surface area (Å²) < 4.78 is 10.5. The van der Waals surface area contributed by atoms with Crippen LogP contribution >= 0.6 is 12.4 Å². The Morgan fingerprint density at radius 1 is 1.04 bits per heavy atom. The highest BCUT2D eigenvalue weighted by Crippen LogP contribution is 2.31. The molecule has 3 aromatic rings. The highest BCUT2D eigenvalue weighted by Gasteiger charge is 2.10. The van der Waals surface area contributed by atoms with Gasteiger partial charge in [-0.15, -0.1) is 12.4 Å². The number of fused-ring (bicyclic) bond motifs is 1. The molecule has 0 amide bonds. The van der Waals surface area contributed by atoms with Crippen molar-refractivity contribution in [2.24, 2.45) is 5.73 Å². The Labute approximate surface area is 164 Å². The summed E-state index contributed by atoms with van der Waals surface area (Å²) in [6.07, 6.45) is -0.610. The van der Waals surface area contributed by atoms with Gasteiger partial charge in [-0.25, -0.2) is 4.98 Å². The molecule has 0 radical (unpaired) electrons. The van der Waals surface area contributed by atoms with Crippen molar-refractivity contribution in [1.29, 1.82) is 0 Å². The van der Waals surface area contributed by atoms with Crippen LogP contribution in [0, 0.1) is 0 Å². The molecule has 0 aliphatic rings. The summed E-state index contributed by atoms with van der Waals surface area (Å²) in [5, 5.41) is 14.0. The zero-order valence-electron chi connectivity index (χ0n) is 15.3. The van der Waals surface area contributed by atoms with Gasteiger partial charge in [0.25, 0.3) is 0 Å². The van der Waals surface area contributed by atoms with Crippen molar-refractivity contribution >= 4 is 29.0 Å². The van der Waals surface area contributed by atoms with Gasteiger partial charge < -0.3 is 25.6 Å². The molecule has 0 fully saturated rings. The van der Waals surface area contributed by atoms with E-state index >= 15 is 0 Å². The van der Waals surface area contributed by atoms with Crippen molar-refractivity contribution in [3.63, 3.8) is 0 Å². The van der Waals surface area contributed by atoms with Gasteiger partial charge in [0.2, 0.25) is 0 Å². The summed E-state index contributed by atoms with van der Waals surface area (Å²) >= 11 is 0. The number of benzene rings is 2. The van der Waals surface area contributed by atoms with Gasteiger partial charge in [-0.1, -0.05) is 0 Å². The number of aliphatic hydroxyl groups excluding tert-OH is 1. The second-order valence-corrected chi connectivity index (χ2v) is 5.94. The van der Waals surface area contributed by atoms with Crippen molar-refractivity contribution in [2.75, 3.05) is 32.6 Å². The molecule has 0 saturated carbocycles. The molecule has 1 aromatic heterocycles. The monoisotopic (exact) mass is 389 g/mol. The van der Waals surface area contributed by atoms with E-state index < -0.39 is 6.10 Å². The number of halogens is 1. The van der Waals surface area contributed by atoms with Crippen LogP contribution in [0.1, 0.15) is 0 Å². The predicted octanol–water partition coefficient (Wildman–Crippen LogP) is 3.07. The second-order valence-electron chi connectivity index (χ2n) is 5.94. The van der Waals surface area contributed by atoms with E-state index in [4.69, 9.17) is 20.2 Å². The number of nitrogens with one attached hydrogen (secondary N) is 1. The van der Waals surface area contributed by atoms with Crippen molar-refractivity contribution in [2.45, 2.75) is 6.10 Å². The van der Waals surface area contributed by atoms with E-state index in [1.165, 1.54) is 0 Å². The quantitative estimate of drug-likeness (QED) is 0.575. The molecule has 1 unspecified atom stereocenters. The lowest BCUT2D eigenvalue weighted by Gasteiger charge is -2.15. The lowest BCUT2D eigenvalue weighted by Crippen LogP contribution is -2.27. The van der Waals surface area contributed by atoms with Gasteiger partial charge in [-0.2, -0.15) is 0 Å². The maximum Gasteiger partial charge on any atom is 0.121 e. The van der Waals surface area contributed by atoms with Crippen LogP contribution in [0.25, 0.3) is 22.2 Å². The molecule has 144 valence electrons. The van der Waals surface area contributed by atoms with Crippen LogP contribution in [0.15, 0.2) is 48.5 Å². The lowest BCUT2D eigenvalue weighted by molar-refractivity contribution is 0.196. The third-order valence-electron chi connectivity index (χ3n) is 4.20. The summed E-state index contributed by atoms with van der Waals surface area (Å²) in [5.41, 5.74) is 8.99. The van der Waals surface area contributed by atoms with Crippen LogP contribution in [0.5, 0.6) is 11.5 Å². The molecule has 27 heavy (non-hydrogen) atoms. The standard InChI is InChI=1S/C20H23N3O3.ClH/c1-25-15-5-3-13(4-6-15)18-10-19(22-12-14(24)11-21)17-8-7-16(26-2)9-20(17)23-18;/h3-10,14,24H,11-12,21H2,1-2H3,(H,22,23);1H. The number of methoxy groups -OCH3 is 2. The number of rotatable bonds is 7. The molecule has 1 atom stereocenters. The van der Waals surface area contributed by atoms with Gasteiger partial charge in [0.05, 0.1) is 31.5 Å². The maximum absolute atomic E-state index is 9.78. The summed E-state index contributed by atoms with van der Waals surface area (Å²) in [7, 11) is 3.27. The fourth-order valence-corrected chi connectivity index (χ4v) is 2.70. The Balaban J connectivity index is 0.00000261. The number of hydrogen-bond acceptors (Lipinski definition) is 6. The molecule has 0 saturated heterocycles. The molecule has 0 aliphatic carbocycles. The summed E-state index contributed by atoms with van der Waals surface area (Å²) in [6, 6.07) is 15.4. The van der Waals surface area contributed by atoms with E-state index in [2.05, 4.69) is 5.32 Å². The van der Waals surface area contributed by atoms with E-state index in [1.54, 1.807) is 14.2 Å². The Morgan fingerprint density at radius 3 is 2.33 bits per heavy atom. The minimum atomic E-state index is -0.610. The first kappa shape index (κ1) is 20.8. The number of anilines is 1. The van der Waals surface area contributed by atoms with E-state index in [0.29, 0.717) is 6.54 Å². The minimum Gasteiger partial charge on any atom is -0.497 e. The summed E-state index contributed by atoms with van der Waals surface area (Å²) in [6.45, 7) is 0.568. The van der Waals surface area contributed by atoms with Crippen molar-refractivity contribution < 1.29 is 14.6 Å². The van der Waals surface area contributed by atoms with Crippen molar-refractivity contribution in [3.8, 4) is 22.8 Å². The fourth-order valence-electron chi connectivity index (χ4n) is 2.70. The molecule has 0 aliphatic heterocycles. The minimum absolute atomic E-state index is 0. The number of aliphatic hydroxyl groups is 1. The van der Waals surface area contributed by atoms with Crippen LogP contribution in [-0.4, -0.2) is 43.5 Å². The molecular formula is C20H24ClN3O3. The predicted molar refractivity (Wildman–Crippen MR) is 111 cm³/mol. The highest BCUT2D eigenvalue weighted by atomic mass is 35.5. The number of hydrogen-bond donors (Lipinski definition) is 3. The van der Waals surface area contributed by atoms with Crippen LogP contribution in [0.3, 0.4) is 0 Å². The van der Waals surface area contributed by atoms with Gasteiger partial charge in [0.15, 0.2) is 0 Å². The Morgan fingerprint density at radius 2 is 1.70 bits per heavy atom. The van der Waals surface area contributed by atoms with E-state index in [1.807, 2.05) is 48.5 Å². The second kappa shape index (κ2) is 9.41. The molecule has 2 aromatic carbocycles. The number of nitrogens with two attached hydrogens (primary N) is 1. The average molecular weight is 390 g/mol. The van der Waals surface area contributed by atoms with E-state index in [9.17, 15) is 5.11 Å². The Kier molecular flexibility index (Phi) is 7.24. The van der Waals surface area contributed by atoms with Crippen LogP contribution in [0.2, 0.25) is 0 Å². The number of nitrogens with zero attached hydrogens (tertiary/aromatic N) is 1. The summed E-state index contributed by atoms with van der Waals surface area (Å²) in [5.74, 6) is 1.53. The largest absolute Gasteiger partial charge is 0.497 e. The average Bonchev–Trinajstić information content (AvgIpc) is 2.70. The maximum atomic E-state index is 9.78. The molecule has 4 N–H and O–H groups in total. The van der Waals surface area contributed by atoms with Gasteiger partial charge in [0.1, 0.15) is 11.5 Å². The molecule has 6 nitrogen and oxygen atoms in total. The third-order valence-corrected chi connectivity index (χ3v) is 4.20. The first-order chi connectivity index (χ1) is 12.6. The van der Waals surface area contributed by atoms with Gasteiger partial charge in [-0.3, -0.25) is 0 Å². The number of ether oxygens (including phenoxy) is 2. The van der Waals surface area contributed by atoms with Crippen molar-refractivity contribution in [3.05, 3.63) is 48.5 Å². The fraction of sp³-hybridized carbons (Fsp3) is 0.250. The lowest BCUT2D eigenvalue weighted by atomic mass is 10.1. The third kappa shape index (κ3) is 4.80. The van der Waals surface area contributed by atoms with E-state index in [-0.39, 0.29) is 19.0 Å². The molecule has 0 bridgehead atoms. The van der Waals surface area contributed by atoms with Gasteiger partial charge in [0, 0.05) is 35.8 Å². The first-order valence-electron chi connectivity index (χ1n) is 8.40. The van der Waals surface area contributed by atoms with Gasteiger partial charge >= 0.3 is 0 Å². The molecule has 0 spiro atoms. The molecular weight excluding hydrogens is 366 g/mol. The Hall–Kier alpha value is -2.54. The SMILES string of the molecule is COc1ccc(-c2cc(NCC(O)CN)c3ccc(OC)cc3n2)cc1.Cl. The number of aromatic nitrogens is 1. The van der Waals surface area contributed by atoms with Crippen LogP contribution < -0.4 is 20.5 Å². The zero-order chi connectivity index (χ0) is 18.5. The topological polar surface area (TPSA) is 89.6 Å². The summed E-state index contributed by atoms with van der Waals surface area (Å²) in [4.78, 5) is 4.77. The smallest absolute Gasteiger partial charge is 0.121 e. The molecule has 1 heterocycles. The first-order valence-corrected chi connectivity index (χ1v) is 8.40.